The fraction of sp³-hybridized carbons (Fsp3) is 0.250. The Balaban J connectivity index is 2.12. The fourth-order valence-electron chi connectivity index (χ4n) is 2.29. The number of allylic oxidation sites excluding steroid dienone is 1. The van der Waals surface area contributed by atoms with Crippen LogP contribution in [0.15, 0.2) is 48.5 Å². The molecule has 2 rings (SSSR count). The summed E-state index contributed by atoms with van der Waals surface area (Å²) in [6.45, 7) is 6.27. The van der Waals surface area contributed by atoms with Crippen molar-refractivity contribution >= 4 is 11.9 Å². The molecule has 2 aromatic carbocycles. The van der Waals surface area contributed by atoms with Crippen LogP contribution in [0.3, 0.4) is 0 Å². The minimum absolute atomic E-state index is 0.00121. The van der Waals surface area contributed by atoms with Crippen molar-refractivity contribution in [2.75, 3.05) is 7.11 Å². The number of hydrogen-bond donors (Lipinski definition) is 0. The van der Waals surface area contributed by atoms with Crippen molar-refractivity contribution in [3.63, 3.8) is 0 Å². The van der Waals surface area contributed by atoms with Crippen molar-refractivity contribution < 1.29 is 9.53 Å². The minimum Gasteiger partial charge on any atom is -0.496 e. The summed E-state index contributed by atoms with van der Waals surface area (Å²) in [5, 5.41) is 0. The van der Waals surface area contributed by atoms with E-state index in [1.807, 2.05) is 37.3 Å². The number of carbonyl (C=O) groups is 1. The molecule has 0 N–H and O–H groups in total. The van der Waals surface area contributed by atoms with Crippen molar-refractivity contribution in [2.45, 2.75) is 26.7 Å². The molecule has 0 aliphatic carbocycles. The molecule has 0 unspecified atom stereocenters. The first-order valence-electron chi connectivity index (χ1n) is 7.48. The highest BCUT2D eigenvalue weighted by atomic mass is 16.5. The van der Waals surface area contributed by atoms with Crippen molar-refractivity contribution in [2.24, 2.45) is 0 Å². The van der Waals surface area contributed by atoms with Crippen LogP contribution < -0.4 is 4.74 Å². The largest absolute Gasteiger partial charge is 0.496 e. The first-order chi connectivity index (χ1) is 10.5. The number of hydrogen-bond acceptors (Lipinski definition) is 2. The lowest BCUT2D eigenvalue weighted by molar-refractivity contribution is 0.104. The van der Waals surface area contributed by atoms with Crippen LogP contribution in [0.2, 0.25) is 0 Å². The second kappa shape index (κ2) is 7.08. The number of benzene rings is 2. The molecule has 2 aromatic rings. The normalized spacial score (nSPS) is 11.1. The second-order valence-corrected chi connectivity index (χ2v) is 5.70. The van der Waals surface area contributed by atoms with Gasteiger partial charge in [0, 0.05) is 5.56 Å². The Morgan fingerprint density at radius 3 is 2.32 bits per heavy atom. The van der Waals surface area contributed by atoms with Gasteiger partial charge in [-0.25, -0.2) is 0 Å². The molecule has 0 heterocycles. The summed E-state index contributed by atoms with van der Waals surface area (Å²) < 4.78 is 5.21. The molecule has 0 spiro atoms. The van der Waals surface area contributed by atoms with E-state index in [0.29, 0.717) is 11.5 Å². The van der Waals surface area contributed by atoms with E-state index in [2.05, 4.69) is 26.0 Å². The standard InChI is InChI=1S/C20H22O2/c1-14(2)17-8-5-16(6-9-17)7-11-19(21)18-10-12-20(22-4)15(3)13-18/h5-14H,1-4H3/b11-7+. The van der Waals surface area contributed by atoms with Crippen LogP contribution in [-0.2, 0) is 0 Å². The summed E-state index contributed by atoms with van der Waals surface area (Å²) in [4.78, 5) is 12.2. The number of ether oxygens (including phenoxy) is 1. The highest BCUT2D eigenvalue weighted by Crippen LogP contribution is 2.19. The monoisotopic (exact) mass is 294 g/mol. The van der Waals surface area contributed by atoms with Crippen LogP contribution in [0, 0.1) is 6.92 Å². The summed E-state index contributed by atoms with van der Waals surface area (Å²) in [5.41, 5.74) is 3.97. The second-order valence-electron chi connectivity index (χ2n) is 5.70. The van der Waals surface area contributed by atoms with Crippen molar-refractivity contribution in [3.8, 4) is 5.75 Å². The Kier molecular flexibility index (Phi) is 5.16. The maximum Gasteiger partial charge on any atom is 0.185 e. The van der Waals surface area contributed by atoms with Gasteiger partial charge in [0.2, 0.25) is 0 Å². The van der Waals surface area contributed by atoms with Crippen molar-refractivity contribution in [1.29, 1.82) is 0 Å². The highest BCUT2D eigenvalue weighted by Gasteiger charge is 2.05. The first-order valence-corrected chi connectivity index (χ1v) is 7.48. The zero-order chi connectivity index (χ0) is 16.1. The maximum absolute atomic E-state index is 12.2. The van der Waals surface area contributed by atoms with E-state index in [0.717, 1.165) is 16.9 Å². The Morgan fingerprint density at radius 1 is 1.09 bits per heavy atom. The van der Waals surface area contributed by atoms with E-state index in [9.17, 15) is 4.79 Å². The fourth-order valence-corrected chi connectivity index (χ4v) is 2.29. The van der Waals surface area contributed by atoms with Crippen LogP contribution in [0.1, 0.15) is 46.8 Å². The van der Waals surface area contributed by atoms with Crippen molar-refractivity contribution in [1.82, 2.24) is 0 Å². The van der Waals surface area contributed by atoms with E-state index in [-0.39, 0.29) is 5.78 Å². The third-order valence-electron chi connectivity index (χ3n) is 3.71. The van der Waals surface area contributed by atoms with Gasteiger partial charge in [0.25, 0.3) is 0 Å². The molecule has 0 amide bonds. The Hall–Kier alpha value is -2.35. The Bertz CT molecular complexity index is 679. The summed E-state index contributed by atoms with van der Waals surface area (Å²) in [6, 6.07) is 13.8. The number of ketones is 1. The first kappa shape index (κ1) is 16.0. The highest BCUT2D eigenvalue weighted by molar-refractivity contribution is 6.07. The SMILES string of the molecule is COc1ccc(C(=O)/C=C/c2ccc(C(C)C)cc2)cc1C. The van der Waals surface area contributed by atoms with Gasteiger partial charge < -0.3 is 4.74 Å². The quantitative estimate of drug-likeness (QED) is 0.571. The number of rotatable bonds is 5. The summed E-state index contributed by atoms with van der Waals surface area (Å²) >= 11 is 0. The van der Waals surface area contributed by atoms with Gasteiger partial charge >= 0.3 is 0 Å². The average Bonchev–Trinajstić information content (AvgIpc) is 2.52. The molecule has 0 bridgehead atoms. The van der Waals surface area contributed by atoms with E-state index < -0.39 is 0 Å². The predicted octanol–water partition coefficient (Wildman–Crippen LogP) is 5.02. The van der Waals surface area contributed by atoms with Gasteiger partial charge in [0.05, 0.1) is 7.11 Å². The third-order valence-corrected chi connectivity index (χ3v) is 3.71. The zero-order valence-electron chi connectivity index (χ0n) is 13.6. The maximum atomic E-state index is 12.2. The number of aryl methyl sites for hydroxylation is 1. The average molecular weight is 294 g/mol. The van der Waals surface area contributed by atoms with E-state index in [1.54, 1.807) is 19.3 Å². The molecule has 0 radical (unpaired) electrons. The van der Waals surface area contributed by atoms with Gasteiger partial charge in [-0.3, -0.25) is 4.79 Å². The molecule has 0 saturated heterocycles. The van der Waals surface area contributed by atoms with Gasteiger partial charge in [-0.15, -0.1) is 0 Å². The van der Waals surface area contributed by atoms with E-state index in [4.69, 9.17) is 4.74 Å². The van der Waals surface area contributed by atoms with Crippen molar-refractivity contribution in [3.05, 3.63) is 70.8 Å². The summed E-state index contributed by atoms with van der Waals surface area (Å²) in [6.07, 6.45) is 3.47. The Morgan fingerprint density at radius 2 is 1.77 bits per heavy atom. The van der Waals surface area contributed by atoms with Gasteiger partial charge in [-0.05, 0) is 53.8 Å². The van der Waals surface area contributed by atoms with Crippen LogP contribution in [-0.4, -0.2) is 12.9 Å². The van der Waals surface area contributed by atoms with Crippen LogP contribution in [0.25, 0.3) is 6.08 Å². The lowest BCUT2D eigenvalue weighted by Crippen LogP contribution is -1.96. The molecule has 22 heavy (non-hydrogen) atoms. The topological polar surface area (TPSA) is 26.3 Å². The smallest absolute Gasteiger partial charge is 0.185 e. The number of methoxy groups -OCH3 is 1. The van der Waals surface area contributed by atoms with Gasteiger partial charge in [0.15, 0.2) is 5.78 Å². The number of carbonyl (C=O) groups excluding carboxylic acids is 1. The lowest BCUT2D eigenvalue weighted by atomic mass is 10.0. The summed E-state index contributed by atoms with van der Waals surface area (Å²) in [5.74, 6) is 1.31. The van der Waals surface area contributed by atoms with Crippen LogP contribution in [0.5, 0.6) is 5.75 Å². The van der Waals surface area contributed by atoms with Crippen LogP contribution >= 0.6 is 0 Å². The summed E-state index contributed by atoms with van der Waals surface area (Å²) in [7, 11) is 1.63. The molecule has 2 heteroatoms. The molecular weight excluding hydrogens is 272 g/mol. The van der Waals surface area contributed by atoms with Gasteiger partial charge in [-0.1, -0.05) is 44.2 Å². The zero-order valence-corrected chi connectivity index (χ0v) is 13.6. The molecule has 0 atom stereocenters. The lowest BCUT2D eigenvalue weighted by Gasteiger charge is -2.05. The molecular formula is C20H22O2. The third kappa shape index (κ3) is 3.85. The Labute approximate surface area is 132 Å². The minimum atomic E-state index is -0.00121. The predicted molar refractivity (Wildman–Crippen MR) is 91.6 cm³/mol. The van der Waals surface area contributed by atoms with Crippen LogP contribution in [0.4, 0.5) is 0 Å². The van der Waals surface area contributed by atoms with E-state index in [1.165, 1.54) is 5.56 Å². The molecule has 0 saturated carbocycles. The molecule has 0 aromatic heterocycles. The van der Waals surface area contributed by atoms with Gasteiger partial charge in [0.1, 0.15) is 5.75 Å². The van der Waals surface area contributed by atoms with Gasteiger partial charge in [-0.2, -0.15) is 0 Å². The molecule has 2 nitrogen and oxygen atoms in total. The molecule has 0 aliphatic heterocycles. The molecule has 0 aliphatic rings. The van der Waals surface area contributed by atoms with E-state index >= 15 is 0 Å². The molecule has 0 fully saturated rings. The molecule has 114 valence electrons.